The summed E-state index contributed by atoms with van der Waals surface area (Å²) in [5, 5.41) is 1.39. The Morgan fingerprint density at radius 1 is 1.09 bits per heavy atom. The van der Waals surface area contributed by atoms with E-state index in [1.165, 1.54) is 6.07 Å². The Balaban J connectivity index is 2.22. The van der Waals surface area contributed by atoms with Crippen LogP contribution in [0.2, 0.25) is 0 Å². The summed E-state index contributed by atoms with van der Waals surface area (Å²) < 4.78 is 22.2. The van der Waals surface area contributed by atoms with Gasteiger partial charge in [0.2, 0.25) is 5.75 Å². The lowest BCUT2D eigenvalue weighted by Crippen LogP contribution is -2.04. The second-order valence-electron chi connectivity index (χ2n) is 5.55. The fourth-order valence-electron chi connectivity index (χ4n) is 2.42. The maximum Gasteiger partial charge on any atom is 0.336 e. The Morgan fingerprint density at radius 3 is 2.64 bits per heavy atom. The monoisotopic (exact) mass is 302 g/mol. The first-order chi connectivity index (χ1) is 10.6. The average Bonchev–Trinajstić information content (AvgIpc) is 2.96. The van der Waals surface area contributed by atoms with Gasteiger partial charge in [0.25, 0.3) is 0 Å². The van der Waals surface area contributed by atoms with Gasteiger partial charge < -0.3 is 18.3 Å². The second kappa shape index (κ2) is 5.75. The van der Waals surface area contributed by atoms with Gasteiger partial charge >= 0.3 is 5.63 Å². The number of hydrogen-bond acceptors (Lipinski definition) is 5. The fourth-order valence-corrected chi connectivity index (χ4v) is 2.42. The predicted molar refractivity (Wildman–Crippen MR) is 83.8 cm³/mol. The molecule has 5 heteroatoms. The Bertz CT molecular complexity index is 856. The van der Waals surface area contributed by atoms with Crippen molar-refractivity contribution in [2.24, 2.45) is 5.92 Å². The molecular formula is C17H18O5. The zero-order chi connectivity index (χ0) is 15.7. The lowest BCUT2D eigenvalue weighted by Gasteiger charge is -2.14. The number of ether oxygens (including phenoxy) is 2. The van der Waals surface area contributed by atoms with Crippen molar-refractivity contribution < 1.29 is 18.3 Å². The summed E-state index contributed by atoms with van der Waals surface area (Å²) in [5.74, 6) is 1.60. The first-order valence-electron chi connectivity index (χ1n) is 7.25. The minimum atomic E-state index is -0.412. The molecule has 0 atom stereocenters. The van der Waals surface area contributed by atoms with Crippen LogP contribution in [-0.2, 0) is 0 Å². The van der Waals surface area contributed by atoms with Crippen molar-refractivity contribution in [2.45, 2.75) is 20.3 Å². The molecule has 0 aliphatic carbocycles. The van der Waals surface area contributed by atoms with Gasteiger partial charge in [-0.15, -0.1) is 0 Å². The molecule has 116 valence electrons. The van der Waals surface area contributed by atoms with E-state index < -0.39 is 5.63 Å². The van der Waals surface area contributed by atoms with Gasteiger partial charge in [-0.2, -0.15) is 0 Å². The summed E-state index contributed by atoms with van der Waals surface area (Å²) in [6.07, 6.45) is 2.47. The van der Waals surface area contributed by atoms with Crippen molar-refractivity contribution in [2.75, 3.05) is 13.7 Å². The van der Waals surface area contributed by atoms with E-state index in [9.17, 15) is 4.79 Å². The van der Waals surface area contributed by atoms with E-state index in [4.69, 9.17) is 18.3 Å². The summed E-state index contributed by atoms with van der Waals surface area (Å²) in [6, 6.07) is 4.81. The van der Waals surface area contributed by atoms with Gasteiger partial charge in [0.05, 0.1) is 30.8 Å². The van der Waals surface area contributed by atoms with Crippen LogP contribution in [0.5, 0.6) is 11.5 Å². The third-order valence-electron chi connectivity index (χ3n) is 3.55. The van der Waals surface area contributed by atoms with Crippen molar-refractivity contribution in [3.8, 4) is 11.5 Å². The van der Waals surface area contributed by atoms with Gasteiger partial charge in [0.15, 0.2) is 16.9 Å². The quantitative estimate of drug-likeness (QED) is 0.667. The van der Waals surface area contributed by atoms with Crippen LogP contribution in [0, 0.1) is 5.92 Å². The topological polar surface area (TPSA) is 61.8 Å². The van der Waals surface area contributed by atoms with Crippen LogP contribution in [0.15, 0.2) is 38.1 Å². The first-order valence-corrected chi connectivity index (χ1v) is 7.25. The number of methoxy groups -OCH3 is 1. The van der Waals surface area contributed by atoms with E-state index in [0.29, 0.717) is 46.0 Å². The van der Waals surface area contributed by atoms with E-state index in [1.807, 2.05) is 0 Å². The largest absolute Gasteiger partial charge is 0.492 e. The van der Waals surface area contributed by atoms with Gasteiger partial charge in [-0.1, -0.05) is 13.8 Å². The number of hydrogen-bond donors (Lipinski definition) is 0. The molecule has 0 bridgehead atoms. The molecule has 0 aliphatic heterocycles. The van der Waals surface area contributed by atoms with Crippen LogP contribution < -0.4 is 15.1 Å². The Kier molecular flexibility index (Phi) is 3.79. The highest BCUT2D eigenvalue weighted by molar-refractivity contribution is 6.08. The minimum Gasteiger partial charge on any atom is -0.492 e. The zero-order valence-electron chi connectivity index (χ0n) is 12.8. The molecule has 2 aromatic heterocycles. The van der Waals surface area contributed by atoms with Crippen LogP contribution in [0.1, 0.15) is 20.3 Å². The molecular weight excluding hydrogens is 284 g/mol. The molecule has 0 aliphatic rings. The number of fused-ring (bicyclic) bond motifs is 3. The Hall–Kier alpha value is -2.43. The third-order valence-corrected chi connectivity index (χ3v) is 3.55. The maximum atomic E-state index is 11.5. The van der Waals surface area contributed by atoms with Crippen molar-refractivity contribution in [1.82, 2.24) is 0 Å². The minimum absolute atomic E-state index is 0.412. The summed E-state index contributed by atoms with van der Waals surface area (Å²) in [5.41, 5.74) is 0.567. The summed E-state index contributed by atoms with van der Waals surface area (Å²) in [7, 11) is 1.56. The molecule has 3 rings (SSSR count). The molecule has 2 heterocycles. The molecule has 3 aromatic rings. The van der Waals surface area contributed by atoms with E-state index in [0.717, 1.165) is 6.42 Å². The van der Waals surface area contributed by atoms with Crippen molar-refractivity contribution >= 4 is 21.9 Å². The molecule has 5 nitrogen and oxygen atoms in total. The summed E-state index contributed by atoms with van der Waals surface area (Å²) in [4.78, 5) is 11.5. The van der Waals surface area contributed by atoms with E-state index in [-0.39, 0.29) is 0 Å². The molecule has 1 aromatic carbocycles. The Labute approximate surface area is 127 Å². The molecule has 0 saturated heterocycles. The van der Waals surface area contributed by atoms with Crippen LogP contribution >= 0.6 is 0 Å². The number of rotatable bonds is 5. The average molecular weight is 302 g/mol. The van der Waals surface area contributed by atoms with Gasteiger partial charge in [0.1, 0.15) is 0 Å². The maximum absolute atomic E-state index is 11.5. The zero-order valence-corrected chi connectivity index (χ0v) is 12.8. The number of benzene rings is 1. The molecule has 0 spiro atoms. The summed E-state index contributed by atoms with van der Waals surface area (Å²) in [6.45, 7) is 4.84. The van der Waals surface area contributed by atoms with Gasteiger partial charge in [-0.05, 0) is 24.5 Å². The van der Waals surface area contributed by atoms with Crippen LogP contribution in [-0.4, -0.2) is 13.7 Å². The lowest BCUT2D eigenvalue weighted by molar-refractivity contribution is 0.273. The predicted octanol–water partition coefficient (Wildman–Crippen LogP) is 3.97. The SMILES string of the molecule is COc1c(OCCC(C)C)c2occc2c2oc(=O)ccc12. The molecule has 0 N–H and O–H groups in total. The second-order valence-corrected chi connectivity index (χ2v) is 5.55. The normalized spacial score (nSPS) is 11.5. The molecule has 0 unspecified atom stereocenters. The molecule has 0 fully saturated rings. The van der Waals surface area contributed by atoms with Crippen LogP contribution in [0.25, 0.3) is 21.9 Å². The van der Waals surface area contributed by atoms with Crippen molar-refractivity contribution in [3.05, 3.63) is 34.9 Å². The van der Waals surface area contributed by atoms with E-state index >= 15 is 0 Å². The highest BCUT2D eigenvalue weighted by atomic mass is 16.5. The van der Waals surface area contributed by atoms with E-state index in [1.54, 1.807) is 25.5 Å². The smallest absolute Gasteiger partial charge is 0.336 e. The standard InChI is InChI=1S/C17H18O5/c1-10(2)6-8-21-17-15(19-3)11-4-5-13(18)22-14(11)12-7-9-20-16(12)17/h4-5,7,9-10H,6,8H2,1-3H3. The highest BCUT2D eigenvalue weighted by Gasteiger charge is 2.20. The lowest BCUT2D eigenvalue weighted by atomic mass is 10.1. The molecule has 0 saturated carbocycles. The first kappa shape index (κ1) is 14.5. The van der Waals surface area contributed by atoms with Gasteiger partial charge in [-0.3, -0.25) is 0 Å². The molecule has 22 heavy (non-hydrogen) atoms. The highest BCUT2D eigenvalue weighted by Crippen LogP contribution is 2.43. The van der Waals surface area contributed by atoms with Crippen LogP contribution in [0.4, 0.5) is 0 Å². The summed E-state index contributed by atoms with van der Waals surface area (Å²) >= 11 is 0. The molecule has 0 amide bonds. The Morgan fingerprint density at radius 2 is 1.91 bits per heavy atom. The van der Waals surface area contributed by atoms with Crippen molar-refractivity contribution in [1.29, 1.82) is 0 Å². The van der Waals surface area contributed by atoms with Crippen molar-refractivity contribution in [3.63, 3.8) is 0 Å². The third kappa shape index (κ3) is 2.43. The van der Waals surface area contributed by atoms with E-state index in [2.05, 4.69) is 13.8 Å². The fraction of sp³-hybridized carbons (Fsp3) is 0.353. The number of furan rings is 1. The van der Waals surface area contributed by atoms with Gasteiger partial charge in [-0.25, -0.2) is 4.79 Å². The van der Waals surface area contributed by atoms with Gasteiger partial charge in [0, 0.05) is 6.07 Å². The molecule has 0 radical (unpaired) electrons. The van der Waals surface area contributed by atoms with Crippen LogP contribution in [0.3, 0.4) is 0 Å².